The first-order valence-corrected chi connectivity index (χ1v) is 8.24. The first-order valence-electron chi connectivity index (χ1n) is 7.08. The minimum absolute atomic E-state index is 0.109. The Labute approximate surface area is 124 Å². The zero-order valence-corrected chi connectivity index (χ0v) is 12.5. The molecule has 1 heterocycles. The molecule has 1 aliphatic heterocycles. The van der Waals surface area contributed by atoms with E-state index in [4.69, 9.17) is 10.5 Å². The van der Waals surface area contributed by atoms with Gasteiger partial charge in [0.05, 0.1) is 0 Å². The van der Waals surface area contributed by atoms with Gasteiger partial charge in [0, 0.05) is 18.7 Å². The van der Waals surface area contributed by atoms with Crippen molar-refractivity contribution in [3.63, 3.8) is 0 Å². The third kappa shape index (κ3) is 5.06. The first-order chi connectivity index (χ1) is 9.78. The number of amides is 1. The Bertz CT molecular complexity index is 416. The maximum Gasteiger partial charge on any atom is 0.224 e. The molecule has 1 fully saturated rings. The van der Waals surface area contributed by atoms with E-state index in [1.165, 1.54) is 11.5 Å². The van der Waals surface area contributed by atoms with Gasteiger partial charge in [-0.05, 0) is 54.5 Å². The molecule has 0 aromatic heterocycles. The number of nitrogens with two attached hydrogens (primary N) is 1. The zero-order valence-electron chi connectivity index (χ0n) is 11.6. The van der Waals surface area contributed by atoms with Crippen LogP contribution >= 0.6 is 11.8 Å². The zero-order chi connectivity index (χ0) is 14.2. The van der Waals surface area contributed by atoms with E-state index < -0.39 is 0 Å². The van der Waals surface area contributed by atoms with Gasteiger partial charge in [0.25, 0.3) is 0 Å². The third-order valence-electron chi connectivity index (χ3n) is 3.34. The average Bonchev–Trinajstić information content (AvgIpc) is 2.47. The third-order valence-corrected chi connectivity index (χ3v) is 4.39. The molecule has 0 spiro atoms. The quantitative estimate of drug-likeness (QED) is 0.846. The SMILES string of the molecule is NCCOc1ccc(NC(=O)CC2CCSCC2)cc1. The number of carbonyl (C=O) groups excluding carboxylic acids is 1. The van der Waals surface area contributed by atoms with Crippen molar-refractivity contribution in [3.8, 4) is 5.75 Å². The molecule has 0 atom stereocenters. The molecule has 0 unspecified atom stereocenters. The first kappa shape index (κ1) is 15.2. The van der Waals surface area contributed by atoms with E-state index in [-0.39, 0.29) is 5.91 Å². The van der Waals surface area contributed by atoms with Crippen LogP contribution in [0.4, 0.5) is 5.69 Å². The Hall–Kier alpha value is -1.20. The standard InChI is InChI=1S/C15H22N2O2S/c16-7-8-19-14-3-1-13(2-4-14)17-15(18)11-12-5-9-20-10-6-12/h1-4,12H,5-11,16H2,(H,17,18). The van der Waals surface area contributed by atoms with Gasteiger partial charge >= 0.3 is 0 Å². The Kier molecular flexibility index (Phi) is 6.21. The molecule has 1 aliphatic rings. The predicted molar refractivity (Wildman–Crippen MR) is 84.3 cm³/mol. The van der Waals surface area contributed by atoms with Crippen LogP contribution in [0.25, 0.3) is 0 Å². The molecule has 1 saturated heterocycles. The Balaban J connectivity index is 1.78. The number of hydrogen-bond donors (Lipinski definition) is 2. The molecule has 1 aromatic rings. The van der Waals surface area contributed by atoms with Gasteiger partial charge in [-0.2, -0.15) is 11.8 Å². The van der Waals surface area contributed by atoms with Crippen LogP contribution in [-0.4, -0.2) is 30.6 Å². The van der Waals surface area contributed by atoms with Crippen molar-refractivity contribution in [3.05, 3.63) is 24.3 Å². The van der Waals surface area contributed by atoms with Gasteiger partial charge in [-0.15, -0.1) is 0 Å². The molecule has 2 rings (SSSR count). The van der Waals surface area contributed by atoms with Crippen molar-refractivity contribution >= 4 is 23.4 Å². The van der Waals surface area contributed by atoms with E-state index in [1.807, 2.05) is 36.0 Å². The monoisotopic (exact) mass is 294 g/mol. The second kappa shape index (κ2) is 8.17. The normalized spacial score (nSPS) is 15.8. The van der Waals surface area contributed by atoms with Gasteiger partial charge in [-0.1, -0.05) is 0 Å². The van der Waals surface area contributed by atoms with E-state index in [2.05, 4.69) is 5.32 Å². The maximum atomic E-state index is 12.0. The van der Waals surface area contributed by atoms with Gasteiger partial charge in [0.2, 0.25) is 5.91 Å². The Morgan fingerprint density at radius 2 is 2.00 bits per heavy atom. The van der Waals surface area contributed by atoms with Gasteiger partial charge in [-0.3, -0.25) is 4.79 Å². The maximum absolute atomic E-state index is 12.0. The van der Waals surface area contributed by atoms with Crippen molar-refractivity contribution in [1.82, 2.24) is 0 Å². The number of thioether (sulfide) groups is 1. The second-order valence-electron chi connectivity index (χ2n) is 4.97. The summed E-state index contributed by atoms with van der Waals surface area (Å²) in [4.78, 5) is 12.0. The lowest BCUT2D eigenvalue weighted by atomic mass is 9.98. The largest absolute Gasteiger partial charge is 0.492 e. The van der Waals surface area contributed by atoms with E-state index in [0.717, 1.165) is 24.3 Å². The summed E-state index contributed by atoms with van der Waals surface area (Å²) in [6, 6.07) is 7.42. The number of hydrogen-bond acceptors (Lipinski definition) is 4. The van der Waals surface area contributed by atoms with E-state index >= 15 is 0 Å². The second-order valence-corrected chi connectivity index (χ2v) is 6.19. The molecule has 4 nitrogen and oxygen atoms in total. The van der Waals surface area contributed by atoms with Crippen LogP contribution in [-0.2, 0) is 4.79 Å². The lowest BCUT2D eigenvalue weighted by Crippen LogP contribution is -2.19. The highest BCUT2D eigenvalue weighted by molar-refractivity contribution is 7.99. The van der Waals surface area contributed by atoms with Crippen molar-refractivity contribution in [2.45, 2.75) is 19.3 Å². The number of nitrogens with one attached hydrogen (secondary N) is 1. The van der Waals surface area contributed by atoms with Gasteiger partial charge in [-0.25, -0.2) is 0 Å². The highest BCUT2D eigenvalue weighted by Gasteiger charge is 2.17. The summed E-state index contributed by atoms with van der Waals surface area (Å²) in [5.41, 5.74) is 6.20. The summed E-state index contributed by atoms with van der Waals surface area (Å²) in [7, 11) is 0. The molecule has 0 saturated carbocycles. The van der Waals surface area contributed by atoms with Crippen molar-refractivity contribution in [1.29, 1.82) is 0 Å². The summed E-state index contributed by atoms with van der Waals surface area (Å²) >= 11 is 1.98. The lowest BCUT2D eigenvalue weighted by Gasteiger charge is -2.20. The van der Waals surface area contributed by atoms with Crippen LogP contribution in [0.2, 0.25) is 0 Å². The number of carbonyl (C=O) groups is 1. The molecule has 0 bridgehead atoms. The minimum atomic E-state index is 0.109. The van der Waals surface area contributed by atoms with Crippen molar-refractivity contribution in [2.75, 3.05) is 30.0 Å². The van der Waals surface area contributed by atoms with Crippen LogP contribution in [0.5, 0.6) is 5.75 Å². The molecule has 20 heavy (non-hydrogen) atoms. The van der Waals surface area contributed by atoms with Crippen LogP contribution < -0.4 is 15.8 Å². The summed E-state index contributed by atoms with van der Waals surface area (Å²) in [6.45, 7) is 1.00. The molecule has 1 amide bonds. The molecule has 0 radical (unpaired) electrons. The minimum Gasteiger partial charge on any atom is -0.492 e. The number of ether oxygens (including phenoxy) is 1. The van der Waals surface area contributed by atoms with Crippen LogP contribution in [0.3, 0.4) is 0 Å². The summed E-state index contributed by atoms with van der Waals surface area (Å²) in [5, 5.41) is 2.95. The van der Waals surface area contributed by atoms with Gasteiger partial charge < -0.3 is 15.8 Å². The van der Waals surface area contributed by atoms with Crippen molar-refractivity contribution in [2.24, 2.45) is 11.7 Å². The Morgan fingerprint density at radius 3 is 2.65 bits per heavy atom. The fraction of sp³-hybridized carbons (Fsp3) is 0.533. The lowest BCUT2D eigenvalue weighted by molar-refractivity contribution is -0.117. The highest BCUT2D eigenvalue weighted by atomic mass is 32.2. The van der Waals surface area contributed by atoms with E-state index in [9.17, 15) is 4.79 Å². The van der Waals surface area contributed by atoms with Crippen LogP contribution in [0.15, 0.2) is 24.3 Å². The molecule has 3 N–H and O–H groups in total. The molecule has 5 heteroatoms. The summed E-state index contributed by atoms with van der Waals surface area (Å²) < 4.78 is 5.40. The molecule has 110 valence electrons. The highest BCUT2D eigenvalue weighted by Crippen LogP contribution is 2.25. The van der Waals surface area contributed by atoms with Crippen LogP contribution in [0, 0.1) is 5.92 Å². The van der Waals surface area contributed by atoms with Crippen molar-refractivity contribution < 1.29 is 9.53 Å². The average molecular weight is 294 g/mol. The molecular formula is C15H22N2O2S. The fourth-order valence-corrected chi connectivity index (χ4v) is 3.44. The van der Waals surface area contributed by atoms with E-state index in [1.54, 1.807) is 0 Å². The summed E-state index contributed by atoms with van der Waals surface area (Å²) in [5.74, 6) is 3.80. The Morgan fingerprint density at radius 1 is 1.30 bits per heavy atom. The van der Waals surface area contributed by atoms with Gasteiger partial charge in [0.1, 0.15) is 12.4 Å². The fourth-order valence-electron chi connectivity index (χ4n) is 2.24. The number of benzene rings is 1. The molecule has 1 aromatic carbocycles. The van der Waals surface area contributed by atoms with E-state index in [0.29, 0.717) is 25.5 Å². The number of anilines is 1. The summed E-state index contributed by atoms with van der Waals surface area (Å²) in [6.07, 6.45) is 2.94. The number of rotatable bonds is 6. The van der Waals surface area contributed by atoms with Gasteiger partial charge in [0.15, 0.2) is 0 Å². The molecule has 0 aliphatic carbocycles. The predicted octanol–water partition coefficient (Wildman–Crippen LogP) is 2.50. The van der Waals surface area contributed by atoms with Crippen LogP contribution in [0.1, 0.15) is 19.3 Å². The smallest absolute Gasteiger partial charge is 0.224 e. The molecular weight excluding hydrogens is 272 g/mol. The topological polar surface area (TPSA) is 64.3 Å².